The SMILES string of the molecule is O=C([O-])C([O-])C(O)C(=O)[O-].[Ag+].[Ag+].[Ag+]. The van der Waals surface area contributed by atoms with E-state index in [-0.39, 0.29) is 67.1 Å². The van der Waals surface area contributed by atoms with Gasteiger partial charge in [0.2, 0.25) is 0 Å². The summed E-state index contributed by atoms with van der Waals surface area (Å²) in [6.07, 6.45) is -5.24. The van der Waals surface area contributed by atoms with Gasteiger partial charge in [-0.3, -0.25) is 0 Å². The number of carbonyl (C=O) groups excluding carboxylic acids is 2. The predicted molar refractivity (Wildman–Crippen MR) is 19.8 cm³/mol. The first-order chi connectivity index (χ1) is 4.46. The minimum atomic E-state index is -2.69. The Kier molecular flexibility index (Phi) is 20.3. The van der Waals surface area contributed by atoms with Gasteiger partial charge in [0.1, 0.15) is 0 Å². The number of aliphatic hydroxyl groups is 1. The number of hydrogen-bond donors (Lipinski definition) is 1. The second-order valence-electron chi connectivity index (χ2n) is 1.50. The van der Waals surface area contributed by atoms with E-state index in [9.17, 15) is 24.9 Å². The van der Waals surface area contributed by atoms with Crippen LogP contribution in [0.2, 0.25) is 0 Å². The van der Waals surface area contributed by atoms with Crippen molar-refractivity contribution in [3.63, 3.8) is 0 Å². The normalized spacial score (nSPS) is 12.2. The zero-order valence-electron chi connectivity index (χ0n) is 5.55. The first kappa shape index (κ1) is 23.7. The van der Waals surface area contributed by atoms with Crippen LogP contribution in [0.5, 0.6) is 0 Å². The molecule has 2 atom stereocenters. The third kappa shape index (κ3) is 9.39. The molecule has 0 radical (unpaired) electrons. The van der Waals surface area contributed by atoms with Crippen molar-refractivity contribution in [2.75, 3.05) is 0 Å². The number of aliphatic hydroxyl groups excluding tert-OH is 1. The molecule has 0 saturated carbocycles. The zero-order valence-corrected chi connectivity index (χ0v) is 9.99. The Morgan fingerprint density at radius 3 is 1.38 bits per heavy atom. The molecular weight excluding hydrogens is 468 g/mol. The van der Waals surface area contributed by atoms with Crippen LogP contribution in [-0.2, 0) is 76.7 Å². The van der Waals surface area contributed by atoms with Gasteiger partial charge in [-0.1, -0.05) is 6.10 Å². The topological polar surface area (TPSA) is 124 Å². The van der Waals surface area contributed by atoms with Gasteiger partial charge in [0.25, 0.3) is 0 Å². The summed E-state index contributed by atoms with van der Waals surface area (Å²) < 4.78 is 0. The molecule has 0 aliphatic carbocycles. The molecule has 0 fully saturated rings. The Balaban J connectivity index is -0.000000135. The molecule has 1 N–H and O–H groups in total. The maximum Gasteiger partial charge on any atom is 1.00 e. The van der Waals surface area contributed by atoms with Crippen LogP contribution in [0.3, 0.4) is 0 Å². The van der Waals surface area contributed by atoms with Crippen LogP contribution < -0.4 is 15.3 Å². The minimum absolute atomic E-state index is 0. The van der Waals surface area contributed by atoms with E-state index < -0.39 is 24.1 Å². The average molecular weight is 471 g/mol. The molecule has 0 bridgehead atoms. The van der Waals surface area contributed by atoms with Crippen LogP contribution in [0, 0.1) is 0 Å². The Bertz CT molecular complexity index is 144. The van der Waals surface area contributed by atoms with Gasteiger partial charge >= 0.3 is 67.1 Å². The standard InChI is InChI=1S/C4H5O6.3Ag/c5-1(3(7)8)2(6)4(9)10;;;/h1-2,5H,(H,7,8)(H,9,10);;;/q-1;3*+1/p-2. The molecule has 0 heterocycles. The van der Waals surface area contributed by atoms with Gasteiger partial charge in [0.15, 0.2) is 0 Å². The maximum atomic E-state index is 10.0. The molecule has 0 aromatic carbocycles. The number of rotatable bonds is 3. The fourth-order valence-corrected chi connectivity index (χ4v) is 0.252. The monoisotopic (exact) mass is 468 g/mol. The van der Waals surface area contributed by atoms with Crippen LogP contribution >= 0.6 is 0 Å². The van der Waals surface area contributed by atoms with Crippen LogP contribution in [0.1, 0.15) is 0 Å². The van der Waals surface area contributed by atoms with E-state index in [0.29, 0.717) is 0 Å². The number of hydrogen-bond acceptors (Lipinski definition) is 6. The molecule has 0 aliphatic rings. The number of aliphatic carboxylic acids is 2. The van der Waals surface area contributed by atoms with E-state index in [0.717, 1.165) is 0 Å². The molecule has 13 heavy (non-hydrogen) atoms. The second-order valence-corrected chi connectivity index (χ2v) is 1.50. The van der Waals surface area contributed by atoms with Crippen molar-refractivity contribution in [2.45, 2.75) is 12.2 Å². The summed E-state index contributed by atoms with van der Waals surface area (Å²) in [5, 5.41) is 37.4. The first-order valence-electron chi connectivity index (χ1n) is 2.22. The molecule has 0 rings (SSSR count). The number of carboxylic acids is 2. The number of carboxylic acid groups (broad SMARTS) is 2. The van der Waals surface area contributed by atoms with E-state index in [1.165, 1.54) is 0 Å². The molecule has 9 heteroatoms. The van der Waals surface area contributed by atoms with Crippen LogP contribution in [0.15, 0.2) is 0 Å². The van der Waals surface area contributed by atoms with Gasteiger partial charge in [-0.2, -0.15) is 0 Å². The van der Waals surface area contributed by atoms with Gasteiger partial charge < -0.3 is 30.0 Å². The molecule has 0 spiro atoms. The third-order valence-corrected chi connectivity index (χ3v) is 0.761. The van der Waals surface area contributed by atoms with Crippen molar-refractivity contribution >= 4 is 11.9 Å². The van der Waals surface area contributed by atoms with E-state index >= 15 is 0 Å². The fourth-order valence-electron chi connectivity index (χ4n) is 0.252. The first-order valence-corrected chi connectivity index (χ1v) is 2.22. The predicted octanol–water partition coefficient (Wildman–Crippen LogP) is -5.43. The average Bonchev–Trinajstić information content (AvgIpc) is 1.84. The molecule has 2 unspecified atom stereocenters. The van der Waals surface area contributed by atoms with Crippen molar-refractivity contribution in [3.05, 3.63) is 0 Å². The van der Waals surface area contributed by atoms with Gasteiger partial charge in [-0.25, -0.2) is 0 Å². The smallest absolute Gasteiger partial charge is 0.846 e. The summed E-state index contributed by atoms with van der Waals surface area (Å²) in [5.74, 6) is -4.29. The summed E-state index contributed by atoms with van der Waals surface area (Å²) in [6, 6.07) is 0. The summed E-state index contributed by atoms with van der Waals surface area (Å²) in [7, 11) is 0. The Morgan fingerprint density at radius 2 is 1.31 bits per heavy atom. The molecular formula is C4H3Ag3O6. The Hall–Kier alpha value is 1.08. The molecule has 0 aliphatic heterocycles. The van der Waals surface area contributed by atoms with Crippen LogP contribution in [0.4, 0.5) is 0 Å². The van der Waals surface area contributed by atoms with Crippen molar-refractivity contribution < 1.29 is 97.2 Å². The van der Waals surface area contributed by atoms with Gasteiger partial charge in [-0.05, 0) is 0 Å². The largest absolute Gasteiger partial charge is 1.00 e. The van der Waals surface area contributed by atoms with E-state index in [4.69, 9.17) is 5.11 Å². The van der Waals surface area contributed by atoms with Crippen LogP contribution in [-0.4, -0.2) is 29.3 Å². The fraction of sp³-hybridized carbons (Fsp3) is 0.500. The molecule has 0 aromatic heterocycles. The quantitative estimate of drug-likeness (QED) is 0.411. The van der Waals surface area contributed by atoms with Crippen molar-refractivity contribution in [1.29, 1.82) is 0 Å². The Morgan fingerprint density at radius 1 is 1.00 bits per heavy atom. The molecule has 88 valence electrons. The van der Waals surface area contributed by atoms with E-state index in [2.05, 4.69) is 0 Å². The van der Waals surface area contributed by atoms with Crippen molar-refractivity contribution in [3.8, 4) is 0 Å². The minimum Gasteiger partial charge on any atom is -0.846 e. The molecule has 0 amide bonds. The molecule has 0 saturated heterocycles. The van der Waals surface area contributed by atoms with E-state index in [1.807, 2.05) is 0 Å². The second kappa shape index (κ2) is 11.2. The Labute approximate surface area is 120 Å². The van der Waals surface area contributed by atoms with Crippen molar-refractivity contribution in [1.82, 2.24) is 0 Å². The summed E-state index contributed by atoms with van der Waals surface area (Å²) in [6.45, 7) is 0. The van der Waals surface area contributed by atoms with Gasteiger partial charge in [0.05, 0.1) is 12.1 Å². The van der Waals surface area contributed by atoms with Gasteiger partial charge in [0, 0.05) is 5.97 Å². The summed E-state index contributed by atoms with van der Waals surface area (Å²) in [4.78, 5) is 19.2. The zero-order chi connectivity index (χ0) is 8.31. The van der Waals surface area contributed by atoms with Gasteiger partial charge in [-0.15, -0.1) is 0 Å². The third-order valence-electron chi connectivity index (χ3n) is 0.761. The molecule has 6 nitrogen and oxygen atoms in total. The molecule has 0 aromatic rings. The summed E-state index contributed by atoms with van der Waals surface area (Å²) >= 11 is 0. The summed E-state index contributed by atoms with van der Waals surface area (Å²) in [5.41, 5.74) is 0. The van der Waals surface area contributed by atoms with Crippen LogP contribution in [0.25, 0.3) is 0 Å². The van der Waals surface area contributed by atoms with Crippen molar-refractivity contribution in [2.24, 2.45) is 0 Å². The van der Waals surface area contributed by atoms with E-state index in [1.54, 1.807) is 0 Å². The maximum absolute atomic E-state index is 10.0. The number of carbonyl (C=O) groups is 2.